The van der Waals surface area contributed by atoms with E-state index in [0.717, 1.165) is 11.7 Å². The van der Waals surface area contributed by atoms with Crippen LogP contribution < -0.4 is 0 Å². The van der Waals surface area contributed by atoms with Crippen molar-refractivity contribution in [2.45, 2.75) is 6.92 Å². The van der Waals surface area contributed by atoms with Gasteiger partial charge in [0.25, 0.3) is 0 Å². The first-order valence-electron chi connectivity index (χ1n) is 2.20. The minimum Gasteiger partial charge on any atom is -0.224 e. The molecule has 0 aromatic carbocycles. The number of allylic oxidation sites excluding steroid dienone is 1. The Morgan fingerprint density at radius 1 is 1.67 bits per heavy atom. The van der Waals surface area contributed by atoms with Crippen molar-refractivity contribution in [3.8, 4) is 0 Å². The van der Waals surface area contributed by atoms with Gasteiger partial charge in [0, 0.05) is 6.26 Å². The Kier molecular flexibility index (Phi) is 2.98. The molecule has 0 aliphatic rings. The summed E-state index contributed by atoms with van der Waals surface area (Å²) in [7, 11) is -3.06. The second-order valence-electron chi connectivity index (χ2n) is 1.63. The van der Waals surface area contributed by atoms with Crippen molar-refractivity contribution >= 4 is 21.4 Å². The lowest BCUT2D eigenvalue weighted by Crippen LogP contribution is -1.85. The summed E-state index contributed by atoms with van der Waals surface area (Å²) in [6, 6.07) is 0. The van der Waals surface area contributed by atoms with E-state index in [1.807, 2.05) is 0 Å². The summed E-state index contributed by atoms with van der Waals surface area (Å²) >= 11 is 5.29. The third kappa shape index (κ3) is 7.76. The van der Waals surface area contributed by atoms with Gasteiger partial charge in [0.2, 0.25) is 0 Å². The molecule has 0 saturated heterocycles. The van der Waals surface area contributed by atoms with Crippen molar-refractivity contribution in [1.29, 1.82) is 0 Å². The predicted octanol–water partition coefficient (Wildman–Crippen LogP) is 1.29. The third-order valence-electron chi connectivity index (χ3n) is 0.472. The fraction of sp³-hybridized carbons (Fsp3) is 0.400. The first-order valence-corrected chi connectivity index (χ1v) is 4.54. The van der Waals surface area contributed by atoms with Crippen LogP contribution in [0.1, 0.15) is 6.92 Å². The first kappa shape index (κ1) is 8.76. The Morgan fingerprint density at radius 2 is 2.11 bits per heavy atom. The third-order valence-corrected chi connectivity index (χ3v) is 1.13. The van der Waals surface area contributed by atoms with Crippen molar-refractivity contribution in [2.24, 2.45) is 0 Å². The highest BCUT2D eigenvalue weighted by Gasteiger charge is 1.89. The second-order valence-corrected chi connectivity index (χ2v) is 4.09. The van der Waals surface area contributed by atoms with Gasteiger partial charge < -0.3 is 0 Å². The molecule has 0 rings (SSSR count). The Labute approximate surface area is 59.7 Å². The minimum atomic E-state index is -3.06. The fourth-order valence-electron chi connectivity index (χ4n) is 0.188. The summed E-state index contributed by atoms with van der Waals surface area (Å²) in [6.45, 7) is 1.56. The first-order chi connectivity index (χ1) is 3.92. The average Bonchev–Trinajstić information content (AvgIpc) is 1.59. The van der Waals surface area contributed by atoms with Crippen LogP contribution in [0.4, 0.5) is 0 Å². The van der Waals surface area contributed by atoms with Gasteiger partial charge in [-0.3, -0.25) is 0 Å². The Morgan fingerprint density at radius 3 is 2.22 bits per heavy atom. The van der Waals surface area contributed by atoms with E-state index < -0.39 is 9.84 Å². The van der Waals surface area contributed by atoms with Crippen LogP contribution in [0.25, 0.3) is 0 Å². The summed E-state index contributed by atoms with van der Waals surface area (Å²) in [6.07, 6.45) is 1.08. The topological polar surface area (TPSA) is 34.1 Å². The van der Waals surface area contributed by atoms with Crippen molar-refractivity contribution < 1.29 is 8.42 Å². The average molecular weight is 167 g/mol. The molecule has 0 heterocycles. The zero-order chi connectivity index (χ0) is 7.49. The summed E-state index contributed by atoms with van der Waals surface area (Å²) in [4.78, 5) is 0. The maximum Gasteiger partial charge on any atom is 0.176 e. The number of hydrogen-bond acceptors (Lipinski definition) is 2. The van der Waals surface area contributed by atoms with Gasteiger partial charge in [-0.2, -0.15) is 0 Å². The molecule has 9 heavy (non-hydrogen) atoms. The lowest BCUT2D eigenvalue weighted by atomic mass is 10.7. The predicted molar refractivity (Wildman–Crippen MR) is 38.0 cm³/mol. The van der Waals surface area contributed by atoms with Crippen LogP contribution in [0.2, 0.25) is 0 Å². The van der Waals surface area contributed by atoms with Crippen molar-refractivity contribution in [2.75, 3.05) is 6.26 Å². The van der Waals surface area contributed by atoms with Crippen LogP contribution in [-0.2, 0) is 9.84 Å². The normalized spacial score (nSPS) is 10.1. The monoisotopic (exact) mass is 166 g/mol. The van der Waals surface area contributed by atoms with Gasteiger partial charge in [-0.25, -0.2) is 8.42 Å². The van der Waals surface area contributed by atoms with Crippen molar-refractivity contribution in [1.82, 2.24) is 0 Å². The van der Waals surface area contributed by atoms with Gasteiger partial charge in [-0.05, 0) is 6.92 Å². The molecule has 0 unspecified atom stereocenters. The fourth-order valence-corrected chi connectivity index (χ4v) is 0.698. The quantitative estimate of drug-likeness (QED) is 0.550. The van der Waals surface area contributed by atoms with Gasteiger partial charge >= 0.3 is 0 Å². The Balaban J connectivity index is 4.58. The molecule has 0 amide bonds. The van der Waals surface area contributed by atoms with Crippen molar-refractivity contribution in [3.05, 3.63) is 16.2 Å². The molecule has 0 aliphatic heterocycles. The summed E-state index contributed by atoms with van der Waals surface area (Å²) in [5, 5.41) is 1.27. The van der Waals surface area contributed by atoms with Crippen LogP contribution in [0, 0.1) is 0 Å². The molecular weight excluding hydrogens is 160 g/mol. The highest BCUT2D eigenvalue weighted by molar-refractivity contribution is 7.93. The van der Waals surface area contributed by atoms with Crippen LogP contribution in [0.15, 0.2) is 16.2 Å². The summed E-state index contributed by atoms with van der Waals surface area (Å²) < 4.78 is 20.7. The van der Waals surface area contributed by atoms with E-state index in [1.165, 1.54) is 0 Å². The van der Waals surface area contributed by atoms with Crippen LogP contribution in [0.3, 0.4) is 0 Å². The summed E-state index contributed by atoms with van der Waals surface area (Å²) in [5.74, 6) is 0. The molecule has 0 fully saturated rings. The number of halogens is 1. The molecule has 0 radical (unpaired) electrons. The SMILES string of the molecule is CC(Cl)=C=CS(C)(=O)=O. The van der Waals surface area contributed by atoms with E-state index in [4.69, 9.17) is 11.6 Å². The molecule has 0 N–H and O–H groups in total. The molecule has 0 aromatic heterocycles. The van der Waals surface area contributed by atoms with E-state index in [9.17, 15) is 8.42 Å². The van der Waals surface area contributed by atoms with Gasteiger partial charge in [0.1, 0.15) is 0 Å². The van der Waals surface area contributed by atoms with E-state index in [-0.39, 0.29) is 0 Å². The van der Waals surface area contributed by atoms with E-state index in [0.29, 0.717) is 5.03 Å². The summed E-state index contributed by atoms with van der Waals surface area (Å²) in [5.41, 5.74) is 2.35. The maximum atomic E-state index is 10.3. The van der Waals surface area contributed by atoms with E-state index in [2.05, 4.69) is 5.73 Å². The molecule has 0 bridgehead atoms. The van der Waals surface area contributed by atoms with Crippen molar-refractivity contribution in [3.63, 3.8) is 0 Å². The molecule has 4 heteroatoms. The highest BCUT2D eigenvalue weighted by atomic mass is 35.5. The molecule has 52 valence electrons. The molecule has 0 atom stereocenters. The molecule has 0 saturated carbocycles. The lowest BCUT2D eigenvalue weighted by molar-refractivity contribution is 0.610. The number of rotatable bonds is 1. The van der Waals surface area contributed by atoms with E-state index in [1.54, 1.807) is 6.92 Å². The van der Waals surface area contributed by atoms with Crippen LogP contribution in [0.5, 0.6) is 0 Å². The zero-order valence-electron chi connectivity index (χ0n) is 5.18. The molecule has 0 spiro atoms. The van der Waals surface area contributed by atoms with Gasteiger partial charge in [0.15, 0.2) is 9.84 Å². The Bertz CT molecular complexity index is 240. The largest absolute Gasteiger partial charge is 0.224 e. The molecule has 2 nitrogen and oxygen atoms in total. The molecule has 0 aromatic rings. The second kappa shape index (κ2) is 3.06. The zero-order valence-corrected chi connectivity index (χ0v) is 6.75. The Hall–Kier alpha value is -0.240. The molecule has 0 aliphatic carbocycles. The van der Waals surface area contributed by atoms with Gasteiger partial charge in [0.05, 0.1) is 10.4 Å². The molecular formula is C5H7ClO2S. The number of hydrogen-bond donors (Lipinski definition) is 0. The van der Waals surface area contributed by atoms with E-state index >= 15 is 0 Å². The van der Waals surface area contributed by atoms with Crippen LogP contribution in [-0.4, -0.2) is 14.7 Å². The highest BCUT2D eigenvalue weighted by Crippen LogP contribution is 1.94. The minimum absolute atomic E-state index is 0.334. The lowest BCUT2D eigenvalue weighted by Gasteiger charge is -1.78. The smallest absolute Gasteiger partial charge is 0.176 e. The van der Waals surface area contributed by atoms with Gasteiger partial charge in [-0.15, -0.1) is 0 Å². The number of sulfone groups is 1. The standard InChI is InChI=1S/C5H7ClO2S/c1-5(6)3-4-9(2,7)8/h4H,1-2H3. The van der Waals surface area contributed by atoms with Crippen LogP contribution >= 0.6 is 11.6 Å². The van der Waals surface area contributed by atoms with Gasteiger partial charge in [-0.1, -0.05) is 17.3 Å². The maximum absolute atomic E-state index is 10.3.